The third kappa shape index (κ3) is 5.15. The summed E-state index contributed by atoms with van der Waals surface area (Å²) in [6.07, 6.45) is 1.70. The first-order valence-electron chi connectivity index (χ1n) is 7.31. The molecule has 0 heterocycles. The summed E-state index contributed by atoms with van der Waals surface area (Å²) >= 11 is 6.06. The highest BCUT2D eigenvalue weighted by atomic mass is 35.5. The second kappa shape index (κ2) is 7.95. The van der Waals surface area contributed by atoms with Crippen LogP contribution in [0.4, 0.5) is 4.39 Å². The van der Waals surface area contributed by atoms with E-state index >= 15 is 0 Å². The zero-order valence-electron chi connectivity index (χ0n) is 12.5. The lowest BCUT2D eigenvalue weighted by atomic mass is 10.1. The van der Waals surface area contributed by atoms with Gasteiger partial charge >= 0.3 is 0 Å². The Labute approximate surface area is 135 Å². The molecule has 0 aromatic heterocycles. The molecule has 2 aromatic rings. The zero-order chi connectivity index (χ0) is 15.9. The van der Waals surface area contributed by atoms with Crippen LogP contribution in [-0.2, 0) is 17.6 Å². The van der Waals surface area contributed by atoms with Gasteiger partial charge in [-0.15, -0.1) is 0 Å². The fourth-order valence-electron chi connectivity index (χ4n) is 2.18. The van der Waals surface area contributed by atoms with Crippen LogP contribution in [0.25, 0.3) is 0 Å². The lowest BCUT2D eigenvalue weighted by molar-refractivity contribution is -0.121. The van der Waals surface area contributed by atoms with Crippen LogP contribution >= 0.6 is 11.6 Å². The van der Waals surface area contributed by atoms with Crippen molar-refractivity contribution in [1.82, 2.24) is 5.32 Å². The van der Waals surface area contributed by atoms with E-state index in [1.54, 1.807) is 6.07 Å². The number of aryl methyl sites for hydroxylation is 2. The number of amides is 1. The van der Waals surface area contributed by atoms with E-state index in [1.165, 1.54) is 12.1 Å². The Bertz CT molecular complexity index is 657. The lowest BCUT2D eigenvalue weighted by Gasteiger charge is -2.07. The van der Waals surface area contributed by atoms with Crippen molar-refractivity contribution in [2.24, 2.45) is 0 Å². The van der Waals surface area contributed by atoms with Gasteiger partial charge in [-0.05, 0) is 54.7 Å². The SMILES string of the molecule is Cc1ccc(CCC(=O)NCCc2cccc(F)c2)cc1Cl. The van der Waals surface area contributed by atoms with Gasteiger partial charge in [0, 0.05) is 18.0 Å². The van der Waals surface area contributed by atoms with Crippen molar-refractivity contribution < 1.29 is 9.18 Å². The lowest BCUT2D eigenvalue weighted by Crippen LogP contribution is -2.25. The summed E-state index contributed by atoms with van der Waals surface area (Å²) in [5.41, 5.74) is 2.96. The van der Waals surface area contributed by atoms with Crippen molar-refractivity contribution >= 4 is 17.5 Å². The predicted molar refractivity (Wildman–Crippen MR) is 87.6 cm³/mol. The van der Waals surface area contributed by atoms with Crippen LogP contribution in [-0.4, -0.2) is 12.5 Å². The van der Waals surface area contributed by atoms with E-state index in [9.17, 15) is 9.18 Å². The smallest absolute Gasteiger partial charge is 0.220 e. The quantitative estimate of drug-likeness (QED) is 0.854. The molecule has 0 aliphatic rings. The van der Waals surface area contributed by atoms with Gasteiger partial charge in [0.15, 0.2) is 0 Å². The molecule has 2 nitrogen and oxygen atoms in total. The Morgan fingerprint density at radius 3 is 2.64 bits per heavy atom. The topological polar surface area (TPSA) is 29.1 Å². The molecular weight excluding hydrogens is 301 g/mol. The molecular formula is C18H19ClFNO. The summed E-state index contributed by atoms with van der Waals surface area (Å²) in [6, 6.07) is 12.3. The largest absolute Gasteiger partial charge is 0.356 e. The zero-order valence-corrected chi connectivity index (χ0v) is 13.3. The van der Waals surface area contributed by atoms with E-state index in [1.807, 2.05) is 31.2 Å². The van der Waals surface area contributed by atoms with Crippen molar-refractivity contribution in [3.63, 3.8) is 0 Å². The van der Waals surface area contributed by atoms with Crippen LogP contribution in [0.3, 0.4) is 0 Å². The number of carbonyl (C=O) groups excluding carboxylic acids is 1. The summed E-state index contributed by atoms with van der Waals surface area (Å²) in [5.74, 6) is -0.256. The molecule has 0 bridgehead atoms. The number of hydrogen-bond donors (Lipinski definition) is 1. The summed E-state index contributed by atoms with van der Waals surface area (Å²) in [7, 11) is 0. The highest BCUT2D eigenvalue weighted by Gasteiger charge is 2.04. The van der Waals surface area contributed by atoms with Gasteiger partial charge in [-0.1, -0.05) is 35.9 Å². The highest BCUT2D eigenvalue weighted by molar-refractivity contribution is 6.31. The van der Waals surface area contributed by atoms with E-state index in [4.69, 9.17) is 11.6 Å². The fourth-order valence-corrected chi connectivity index (χ4v) is 2.38. The van der Waals surface area contributed by atoms with Crippen LogP contribution in [0.1, 0.15) is 23.1 Å². The average molecular weight is 320 g/mol. The molecule has 1 amide bonds. The minimum Gasteiger partial charge on any atom is -0.356 e. The van der Waals surface area contributed by atoms with Crippen molar-refractivity contribution in [3.05, 3.63) is 70.0 Å². The number of hydrogen-bond acceptors (Lipinski definition) is 1. The second-order valence-corrected chi connectivity index (χ2v) is 5.72. The Kier molecular flexibility index (Phi) is 5.96. The molecule has 22 heavy (non-hydrogen) atoms. The van der Waals surface area contributed by atoms with E-state index in [2.05, 4.69) is 5.32 Å². The van der Waals surface area contributed by atoms with E-state index in [-0.39, 0.29) is 11.7 Å². The van der Waals surface area contributed by atoms with Gasteiger partial charge in [-0.25, -0.2) is 4.39 Å². The Morgan fingerprint density at radius 1 is 1.14 bits per heavy atom. The Morgan fingerprint density at radius 2 is 1.91 bits per heavy atom. The van der Waals surface area contributed by atoms with Crippen LogP contribution in [0.15, 0.2) is 42.5 Å². The molecule has 4 heteroatoms. The summed E-state index contributed by atoms with van der Waals surface area (Å²) in [4.78, 5) is 11.8. The van der Waals surface area contributed by atoms with E-state index in [0.29, 0.717) is 25.8 Å². The predicted octanol–water partition coefficient (Wildman–Crippen LogP) is 4.08. The number of benzene rings is 2. The maximum Gasteiger partial charge on any atom is 0.220 e. The van der Waals surface area contributed by atoms with Gasteiger partial charge in [0.2, 0.25) is 5.91 Å². The first kappa shape index (κ1) is 16.5. The van der Waals surface area contributed by atoms with Crippen LogP contribution in [0, 0.1) is 12.7 Å². The number of halogens is 2. The van der Waals surface area contributed by atoms with Gasteiger partial charge in [-0.3, -0.25) is 4.79 Å². The number of rotatable bonds is 6. The van der Waals surface area contributed by atoms with Crippen molar-refractivity contribution in [2.75, 3.05) is 6.54 Å². The standard InChI is InChI=1S/C18H19ClFNO/c1-13-5-6-15(12-17(13)19)7-8-18(22)21-10-9-14-3-2-4-16(20)11-14/h2-6,11-12H,7-10H2,1H3,(H,21,22). The monoisotopic (exact) mass is 319 g/mol. The van der Waals surface area contributed by atoms with Gasteiger partial charge in [0.05, 0.1) is 0 Å². The molecule has 0 saturated heterocycles. The second-order valence-electron chi connectivity index (χ2n) is 5.31. The first-order valence-corrected chi connectivity index (χ1v) is 7.68. The van der Waals surface area contributed by atoms with Crippen LogP contribution < -0.4 is 5.32 Å². The fraction of sp³-hybridized carbons (Fsp3) is 0.278. The van der Waals surface area contributed by atoms with E-state index < -0.39 is 0 Å². The van der Waals surface area contributed by atoms with Gasteiger partial charge in [0.25, 0.3) is 0 Å². The summed E-state index contributed by atoms with van der Waals surface area (Å²) in [5, 5.41) is 3.58. The molecule has 0 radical (unpaired) electrons. The van der Waals surface area contributed by atoms with E-state index in [0.717, 1.165) is 21.7 Å². The molecule has 2 aromatic carbocycles. The summed E-state index contributed by atoms with van der Waals surface area (Å²) in [6.45, 7) is 2.46. The van der Waals surface area contributed by atoms with Crippen LogP contribution in [0.2, 0.25) is 5.02 Å². The third-order valence-corrected chi connectivity index (χ3v) is 3.91. The summed E-state index contributed by atoms with van der Waals surface area (Å²) < 4.78 is 13.0. The van der Waals surface area contributed by atoms with Crippen molar-refractivity contribution in [2.45, 2.75) is 26.2 Å². The van der Waals surface area contributed by atoms with Gasteiger partial charge < -0.3 is 5.32 Å². The molecule has 0 aliphatic carbocycles. The highest BCUT2D eigenvalue weighted by Crippen LogP contribution is 2.17. The molecule has 0 atom stereocenters. The molecule has 1 N–H and O–H groups in total. The Balaban J connectivity index is 1.72. The van der Waals surface area contributed by atoms with Crippen molar-refractivity contribution in [1.29, 1.82) is 0 Å². The van der Waals surface area contributed by atoms with Crippen LogP contribution in [0.5, 0.6) is 0 Å². The Hall–Kier alpha value is -1.87. The van der Waals surface area contributed by atoms with Gasteiger partial charge in [0.1, 0.15) is 5.82 Å². The number of carbonyl (C=O) groups is 1. The maximum absolute atomic E-state index is 13.0. The minimum atomic E-state index is -0.250. The average Bonchev–Trinajstić information content (AvgIpc) is 2.48. The van der Waals surface area contributed by atoms with Gasteiger partial charge in [-0.2, -0.15) is 0 Å². The number of nitrogens with one attached hydrogen (secondary N) is 1. The minimum absolute atomic E-state index is 0.00639. The molecule has 0 saturated carbocycles. The first-order chi connectivity index (χ1) is 10.5. The molecule has 2 rings (SSSR count). The normalized spacial score (nSPS) is 10.5. The third-order valence-electron chi connectivity index (χ3n) is 3.50. The molecule has 0 fully saturated rings. The molecule has 0 unspecified atom stereocenters. The molecule has 0 spiro atoms. The maximum atomic E-state index is 13.0. The molecule has 0 aliphatic heterocycles. The van der Waals surface area contributed by atoms with Crippen molar-refractivity contribution in [3.8, 4) is 0 Å². The molecule has 116 valence electrons.